The van der Waals surface area contributed by atoms with E-state index in [1.54, 1.807) is 13.8 Å². The number of aryl methyl sites for hydroxylation is 1. The smallest absolute Gasteiger partial charge is 0.321 e. The number of carbonyl (C=O) groups excluding carboxylic acids is 2. The van der Waals surface area contributed by atoms with Gasteiger partial charge < -0.3 is 10.6 Å². The molecular formula is C15H19N5O2S2. The Bertz CT molecular complexity index is 719. The lowest BCUT2D eigenvalue weighted by molar-refractivity contribution is -0.119. The molecule has 1 heterocycles. The standard InChI is InChI=1S/C15H19N5O2S2/c1-4-16-13(22)18-12(21)10(3)23-15-20-19-14(24-15)17-11-7-5-6-9(2)8-11/h5-8,10H,4H2,1-3H3,(H,17,19)(H2,16,18,21,22)/t10-/m1/s1. The molecule has 24 heavy (non-hydrogen) atoms. The van der Waals surface area contributed by atoms with E-state index in [9.17, 15) is 9.59 Å². The number of imide groups is 1. The second-order valence-electron chi connectivity index (χ2n) is 4.98. The predicted octanol–water partition coefficient (Wildman–Crippen LogP) is 2.92. The van der Waals surface area contributed by atoms with Gasteiger partial charge in [-0.05, 0) is 38.5 Å². The van der Waals surface area contributed by atoms with Crippen molar-refractivity contribution in [2.24, 2.45) is 0 Å². The fraction of sp³-hybridized carbons (Fsp3) is 0.333. The zero-order chi connectivity index (χ0) is 17.5. The van der Waals surface area contributed by atoms with Crippen molar-refractivity contribution in [3.8, 4) is 0 Å². The van der Waals surface area contributed by atoms with Crippen LogP contribution in [0.3, 0.4) is 0 Å². The van der Waals surface area contributed by atoms with Crippen LogP contribution in [0.5, 0.6) is 0 Å². The van der Waals surface area contributed by atoms with Crippen LogP contribution < -0.4 is 16.0 Å². The van der Waals surface area contributed by atoms with Crippen LogP contribution >= 0.6 is 23.1 Å². The van der Waals surface area contributed by atoms with E-state index in [1.165, 1.54) is 23.1 Å². The number of amides is 3. The first-order valence-electron chi connectivity index (χ1n) is 7.40. The first-order valence-corrected chi connectivity index (χ1v) is 9.10. The molecule has 0 spiro atoms. The van der Waals surface area contributed by atoms with Gasteiger partial charge in [-0.1, -0.05) is 35.2 Å². The number of thioether (sulfide) groups is 1. The average Bonchev–Trinajstić information content (AvgIpc) is 2.94. The van der Waals surface area contributed by atoms with Crippen LogP contribution in [0.15, 0.2) is 28.6 Å². The Morgan fingerprint density at radius 2 is 2.12 bits per heavy atom. The number of urea groups is 1. The third-order valence-electron chi connectivity index (χ3n) is 2.90. The van der Waals surface area contributed by atoms with Crippen molar-refractivity contribution in [2.45, 2.75) is 30.4 Å². The molecule has 0 fully saturated rings. The maximum absolute atomic E-state index is 11.9. The topological polar surface area (TPSA) is 96.0 Å². The number of benzene rings is 1. The minimum atomic E-state index is -0.492. The van der Waals surface area contributed by atoms with E-state index in [1.807, 2.05) is 31.2 Å². The lowest BCUT2D eigenvalue weighted by atomic mass is 10.2. The first kappa shape index (κ1) is 18.2. The Hall–Kier alpha value is -2.13. The Morgan fingerprint density at radius 3 is 2.83 bits per heavy atom. The molecule has 2 rings (SSSR count). The average molecular weight is 365 g/mol. The van der Waals surface area contributed by atoms with Crippen LogP contribution in [0.2, 0.25) is 0 Å². The number of carbonyl (C=O) groups is 2. The molecule has 0 radical (unpaired) electrons. The van der Waals surface area contributed by atoms with Gasteiger partial charge in [-0.25, -0.2) is 4.79 Å². The summed E-state index contributed by atoms with van der Waals surface area (Å²) < 4.78 is 0.656. The Kier molecular flexibility index (Phi) is 6.56. The molecule has 0 saturated carbocycles. The third-order valence-corrected chi connectivity index (χ3v) is 4.92. The molecular weight excluding hydrogens is 346 g/mol. The van der Waals surface area contributed by atoms with Crippen molar-refractivity contribution in [3.05, 3.63) is 29.8 Å². The molecule has 0 bridgehead atoms. The number of hydrogen-bond acceptors (Lipinski definition) is 7. The highest BCUT2D eigenvalue weighted by Gasteiger charge is 2.19. The third kappa shape index (κ3) is 5.50. The SMILES string of the molecule is CCNC(=O)NC(=O)[C@@H](C)Sc1nnc(Nc2cccc(C)c2)s1. The van der Waals surface area contributed by atoms with Gasteiger partial charge >= 0.3 is 6.03 Å². The van der Waals surface area contributed by atoms with Gasteiger partial charge in [-0.3, -0.25) is 10.1 Å². The first-order chi connectivity index (χ1) is 11.5. The fourth-order valence-corrected chi connectivity index (χ4v) is 3.69. The van der Waals surface area contributed by atoms with Crippen molar-refractivity contribution in [1.29, 1.82) is 0 Å². The number of anilines is 2. The summed E-state index contributed by atoms with van der Waals surface area (Å²) >= 11 is 2.62. The highest BCUT2D eigenvalue weighted by Crippen LogP contribution is 2.30. The zero-order valence-corrected chi connectivity index (χ0v) is 15.3. The van der Waals surface area contributed by atoms with Gasteiger partial charge in [0.25, 0.3) is 0 Å². The second kappa shape index (κ2) is 8.65. The highest BCUT2D eigenvalue weighted by molar-refractivity contribution is 8.02. The van der Waals surface area contributed by atoms with Crippen molar-refractivity contribution < 1.29 is 9.59 Å². The molecule has 0 saturated heterocycles. The summed E-state index contributed by atoms with van der Waals surface area (Å²) in [5, 5.41) is 16.3. The molecule has 0 aliphatic rings. The molecule has 0 unspecified atom stereocenters. The molecule has 0 aliphatic carbocycles. The van der Waals surface area contributed by atoms with Crippen molar-refractivity contribution in [1.82, 2.24) is 20.8 Å². The van der Waals surface area contributed by atoms with Crippen molar-refractivity contribution in [3.63, 3.8) is 0 Å². The minimum absolute atomic E-state index is 0.366. The maximum atomic E-state index is 11.9. The van der Waals surface area contributed by atoms with E-state index in [-0.39, 0.29) is 5.91 Å². The molecule has 128 valence electrons. The van der Waals surface area contributed by atoms with Crippen LogP contribution in [0.1, 0.15) is 19.4 Å². The summed E-state index contributed by atoms with van der Waals surface area (Å²) in [4.78, 5) is 23.3. The highest BCUT2D eigenvalue weighted by atomic mass is 32.2. The van der Waals surface area contributed by atoms with Gasteiger partial charge in [0.2, 0.25) is 11.0 Å². The van der Waals surface area contributed by atoms with E-state index < -0.39 is 11.3 Å². The molecule has 3 N–H and O–H groups in total. The summed E-state index contributed by atoms with van der Waals surface area (Å²) in [6, 6.07) is 7.44. The van der Waals surface area contributed by atoms with Crippen LogP contribution in [0.4, 0.5) is 15.6 Å². The summed E-state index contributed by atoms with van der Waals surface area (Å²) in [5.41, 5.74) is 2.08. The van der Waals surface area contributed by atoms with E-state index >= 15 is 0 Å². The van der Waals surface area contributed by atoms with Crippen LogP contribution in [0, 0.1) is 6.92 Å². The van der Waals surface area contributed by atoms with Gasteiger partial charge in [-0.2, -0.15) is 0 Å². The van der Waals surface area contributed by atoms with Crippen LogP contribution in [0.25, 0.3) is 0 Å². The Labute approximate surface area is 148 Å². The molecule has 3 amide bonds. The number of nitrogens with one attached hydrogen (secondary N) is 3. The monoisotopic (exact) mass is 365 g/mol. The van der Waals surface area contributed by atoms with Gasteiger partial charge in [0.15, 0.2) is 4.34 Å². The lowest BCUT2D eigenvalue weighted by Gasteiger charge is -2.09. The van der Waals surface area contributed by atoms with Crippen molar-refractivity contribution in [2.75, 3.05) is 11.9 Å². The number of rotatable bonds is 6. The number of nitrogens with zero attached hydrogens (tertiary/aromatic N) is 2. The molecule has 1 atom stereocenters. The van der Waals surface area contributed by atoms with Crippen LogP contribution in [-0.4, -0.2) is 33.9 Å². The Morgan fingerprint density at radius 1 is 1.33 bits per heavy atom. The largest absolute Gasteiger partial charge is 0.338 e. The maximum Gasteiger partial charge on any atom is 0.321 e. The minimum Gasteiger partial charge on any atom is -0.338 e. The van der Waals surface area contributed by atoms with E-state index in [0.29, 0.717) is 16.0 Å². The summed E-state index contributed by atoms with van der Waals surface area (Å²) in [5.74, 6) is -0.366. The normalized spacial score (nSPS) is 11.6. The summed E-state index contributed by atoms with van der Waals surface area (Å²) in [6.45, 7) is 5.98. The molecule has 1 aromatic carbocycles. The number of aromatic nitrogens is 2. The van der Waals surface area contributed by atoms with Gasteiger partial charge in [0.1, 0.15) is 0 Å². The van der Waals surface area contributed by atoms with Gasteiger partial charge in [-0.15, -0.1) is 10.2 Å². The zero-order valence-electron chi connectivity index (χ0n) is 13.6. The van der Waals surface area contributed by atoms with E-state index in [4.69, 9.17) is 0 Å². The van der Waals surface area contributed by atoms with Gasteiger partial charge in [0.05, 0.1) is 5.25 Å². The molecule has 0 aliphatic heterocycles. The number of hydrogen-bond donors (Lipinski definition) is 3. The molecule has 1 aromatic heterocycles. The molecule has 2 aromatic rings. The summed E-state index contributed by atoms with van der Waals surface area (Å²) in [7, 11) is 0. The lowest BCUT2D eigenvalue weighted by Crippen LogP contribution is -2.42. The molecule has 9 heteroatoms. The fourth-order valence-electron chi connectivity index (χ4n) is 1.78. The van der Waals surface area contributed by atoms with Crippen molar-refractivity contribution >= 4 is 45.9 Å². The van der Waals surface area contributed by atoms with E-state index in [0.717, 1.165) is 11.3 Å². The van der Waals surface area contributed by atoms with Gasteiger partial charge in [0, 0.05) is 12.2 Å². The second-order valence-corrected chi connectivity index (χ2v) is 7.54. The molecule has 7 nitrogen and oxygen atoms in total. The van der Waals surface area contributed by atoms with Crippen LogP contribution in [-0.2, 0) is 4.79 Å². The van der Waals surface area contributed by atoms with E-state index in [2.05, 4.69) is 26.1 Å². The quantitative estimate of drug-likeness (QED) is 0.681. The summed E-state index contributed by atoms with van der Waals surface area (Å²) in [6.07, 6.45) is 0. The Balaban J connectivity index is 1.91. The predicted molar refractivity (Wildman–Crippen MR) is 96.9 cm³/mol.